The minimum absolute atomic E-state index is 0.0658. The van der Waals surface area contributed by atoms with Crippen LogP contribution < -0.4 is 5.56 Å². The lowest BCUT2D eigenvalue weighted by Crippen LogP contribution is -2.42. The molecule has 0 N–H and O–H groups in total. The van der Waals surface area contributed by atoms with Gasteiger partial charge in [-0.3, -0.25) is 14.5 Å². The molecule has 0 amide bonds. The average Bonchev–Trinajstić information content (AvgIpc) is 2.57. The van der Waals surface area contributed by atoms with Crippen molar-refractivity contribution in [3.63, 3.8) is 0 Å². The predicted octanol–water partition coefficient (Wildman–Crippen LogP) is 0.331. The second kappa shape index (κ2) is 8.11. The van der Waals surface area contributed by atoms with Gasteiger partial charge in [0.05, 0.1) is 24.1 Å². The highest BCUT2D eigenvalue weighted by Crippen LogP contribution is 2.18. The van der Waals surface area contributed by atoms with E-state index in [1.807, 2.05) is 4.90 Å². The van der Waals surface area contributed by atoms with Crippen molar-refractivity contribution >= 4 is 16.0 Å². The van der Waals surface area contributed by atoms with E-state index in [1.165, 1.54) is 37.0 Å². The van der Waals surface area contributed by atoms with Crippen LogP contribution in [0.5, 0.6) is 0 Å². The molecule has 1 aromatic rings. The van der Waals surface area contributed by atoms with Crippen molar-refractivity contribution in [1.82, 2.24) is 13.8 Å². The molecular weight excluding hydrogens is 346 g/mol. The second-order valence-electron chi connectivity index (χ2n) is 6.27. The number of piperidine rings is 1. The smallest absolute Gasteiger partial charge is 0.310 e. The highest BCUT2D eigenvalue weighted by atomic mass is 32.2. The van der Waals surface area contributed by atoms with E-state index in [4.69, 9.17) is 4.74 Å². The molecule has 0 radical (unpaired) electrons. The lowest BCUT2D eigenvalue weighted by Gasteiger charge is -2.31. The number of carbonyl (C=O) groups is 1. The van der Waals surface area contributed by atoms with Crippen LogP contribution in [0.1, 0.15) is 19.8 Å². The number of hydrogen-bond donors (Lipinski definition) is 0. The maximum atomic E-state index is 12.2. The van der Waals surface area contributed by atoms with Gasteiger partial charge in [0.2, 0.25) is 10.0 Å². The lowest BCUT2D eigenvalue weighted by molar-refractivity contribution is -0.150. The molecule has 0 spiro atoms. The lowest BCUT2D eigenvalue weighted by atomic mass is 9.98. The van der Waals surface area contributed by atoms with Crippen molar-refractivity contribution < 1.29 is 17.9 Å². The van der Waals surface area contributed by atoms with Crippen LogP contribution in [0.4, 0.5) is 0 Å². The number of rotatable bonds is 6. The van der Waals surface area contributed by atoms with Gasteiger partial charge < -0.3 is 9.30 Å². The van der Waals surface area contributed by atoms with Gasteiger partial charge >= 0.3 is 5.97 Å². The van der Waals surface area contributed by atoms with Gasteiger partial charge in [0, 0.05) is 32.9 Å². The first-order valence-corrected chi connectivity index (χ1v) is 9.71. The number of pyridine rings is 1. The van der Waals surface area contributed by atoms with Crippen LogP contribution in [0, 0.1) is 5.92 Å². The predicted molar refractivity (Wildman–Crippen MR) is 92.5 cm³/mol. The summed E-state index contributed by atoms with van der Waals surface area (Å²) in [6, 6.07) is 2.56. The topological polar surface area (TPSA) is 88.9 Å². The Hall–Kier alpha value is -1.71. The summed E-state index contributed by atoms with van der Waals surface area (Å²) in [7, 11) is -0.720. The summed E-state index contributed by atoms with van der Waals surface area (Å²) in [4.78, 5) is 26.1. The minimum atomic E-state index is -3.61. The molecule has 0 aromatic carbocycles. The summed E-state index contributed by atoms with van der Waals surface area (Å²) in [6.45, 7) is 3.60. The molecule has 1 aromatic heterocycles. The van der Waals surface area contributed by atoms with Crippen LogP contribution in [0.15, 0.2) is 28.0 Å². The van der Waals surface area contributed by atoms with Gasteiger partial charge in [0.1, 0.15) is 0 Å². The van der Waals surface area contributed by atoms with E-state index >= 15 is 0 Å². The van der Waals surface area contributed by atoms with E-state index < -0.39 is 10.0 Å². The van der Waals surface area contributed by atoms with E-state index in [9.17, 15) is 18.0 Å². The maximum absolute atomic E-state index is 12.2. The summed E-state index contributed by atoms with van der Waals surface area (Å²) in [5.41, 5.74) is -0.282. The molecule has 25 heavy (non-hydrogen) atoms. The van der Waals surface area contributed by atoms with E-state index in [2.05, 4.69) is 0 Å². The van der Waals surface area contributed by atoms with Gasteiger partial charge in [-0.25, -0.2) is 12.7 Å². The Morgan fingerprint density at radius 3 is 2.72 bits per heavy atom. The zero-order valence-electron chi connectivity index (χ0n) is 14.8. The molecular formula is C16H25N3O5S. The van der Waals surface area contributed by atoms with E-state index in [0.717, 1.165) is 23.7 Å². The maximum Gasteiger partial charge on any atom is 0.310 e. The number of ether oxygens (including phenoxy) is 1. The fraction of sp³-hybridized carbons (Fsp3) is 0.625. The fourth-order valence-corrected chi connectivity index (χ4v) is 3.76. The third kappa shape index (κ3) is 4.68. The number of likely N-dealkylation sites (tertiary alicyclic amines) is 1. The standard InChI is InChI=1S/C16H25N3O5S/c1-4-24-16(21)13-6-5-9-18(10-13)12-19-11-14(7-8-15(19)20)25(22,23)17(2)3/h7-8,11,13H,4-6,9-10,12H2,1-3H3/t13-/m1/s1. The number of sulfonamides is 1. The Labute approximate surface area is 148 Å². The summed E-state index contributed by atoms with van der Waals surface area (Å²) >= 11 is 0. The summed E-state index contributed by atoms with van der Waals surface area (Å²) in [5.74, 6) is -0.429. The molecule has 0 unspecified atom stereocenters. The zero-order valence-corrected chi connectivity index (χ0v) is 15.7. The molecule has 0 saturated carbocycles. The average molecular weight is 371 g/mol. The molecule has 140 valence electrons. The van der Waals surface area contributed by atoms with Crippen molar-refractivity contribution in [2.24, 2.45) is 5.92 Å². The highest BCUT2D eigenvalue weighted by Gasteiger charge is 2.27. The molecule has 1 aliphatic heterocycles. The first-order valence-electron chi connectivity index (χ1n) is 8.27. The minimum Gasteiger partial charge on any atom is -0.466 e. The molecule has 8 nitrogen and oxygen atoms in total. The van der Waals surface area contributed by atoms with Crippen molar-refractivity contribution in [2.45, 2.75) is 31.3 Å². The Morgan fingerprint density at radius 2 is 2.08 bits per heavy atom. The summed E-state index contributed by atoms with van der Waals surface area (Å²) < 4.78 is 32.0. The molecule has 1 saturated heterocycles. The van der Waals surface area contributed by atoms with E-state index in [-0.39, 0.29) is 29.0 Å². The van der Waals surface area contributed by atoms with Crippen LogP contribution in [-0.4, -0.2) is 62.0 Å². The Morgan fingerprint density at radius 1 is 1.36 bits per heavy atom. The van der Waals surface area contributed by atoms with Crippen LogP contribution in [-0.2, 0) is 26.2 Å². The van der Waals surface area contributed by atoms with Crippen molar-refractivity contribution in [1.29, 1.82) is 0 Å². The van der Waals surface area contributed by atoms with E-state index in [1.54, 1.807) is 6.92 Å². The van der Waals surface area contributed by atoms with Crippen LogP contribution >= 0.6 is 0 Å². The molecule has 1 aliphatic rings. The quantitative estimate of drug-likeness (QED) is 0.670. The summed E-state index contributed by atoms with van der Waals surface area (Å²) in [5, 5.41) is 0. The molecule has 0 aliphatic carbocycles. The van der Waals surface area contributed by atoms with Gasteiger partial charge in [-0.15, -0.1) is 0 Å². The Bertz CT molecular complexity index is 772. The third-order valence-electron chi connectivity index (χ3n) is 4.21. The van der Waals surface area contributed by atoms with Gasteiger partial charge in [-0.05, 0) is 32.4 Å². The fourth-order valence-electron chi connectivity index (χ4n) is 2.84. The molecule has 2 heterocycles. The molecule has 9 heteroatoms. The van der Waals surface area contributed by atoms with Crippen molar-refractivity contribution in [2.75, 3.05) is 33.8 Å². The van der Waals surface area contributed by atoms with E-state index in [0.29, 0.717) is 13.2 Å². The second-order valence-corrected chi connectivity index (χ2v) is 8.42. The van der Waals surface area contributed by atoms with Crippen LogP contribution in [0.25, 0.3) is 0 Å². The Balaban J connectivity index is 2.17. The summed E-state index contributed by atoms with van der Waals surface area (Å²) in [6.07, 6.45) is 2.94. The van der Waals surface area contributed by atoms with Crippen LogP contribution in [0.3, 0.4) is 0 Å². The van der Waals surface area contributed by atoms with Gasteiger partial charge in [0.15, 0.2) is 0 Å². The van der Waals surface area contributed by atoms with Gasteiger partial charge in [-0.1, -0.05) is 0 Å². The first kappa shape index (κ1) is 19.6. The Kier molecular flexibility index (Phi) is 6.36. The highest BCUT2D eigenvalue weighted by molar-refractivity contribution is 7.89. The largest absolute Gasteiger partial charge is 0.466 e. The monoisotopic (exact) mass is 371 g/mol. The number of hydrogen-bond acceptors (Lipinski definition) is 6. The number of nitrogens with zero attached hydrogens (tertiary/aromatic N) is 3. The zero-order chi connectivity index (χ0) is 18.6. The van der Waals surface area contributed by atoms with Gasteiger partial charge in [0.25, 0.3) is 5.56 Å². The molecule has 1 fully saturated rings. The van der Waals surface area contributed by atoms with Crippen molar-refractivity contribution in [3.05, 3.63) is 28.7 Å². The molecule has 0 bridgehead atoms. The first-order chi connectivity index (χ1) is 11.8. The number of carbonyl (C=O) groups excluding carboxylic acids is 1. The SMILES string of the molecule is CCOC(=O)[C@@H]1CCCN(Cn2cc(S(=O)(=O)N(C)C)ccc2=O)C1. The normalized spacial score (nSPS) is 19.1. The van der Waals surface area contributed by atoms with Crippen molar-refractivity contribution in [3.8, 4) is 0 Å². The molecule has 1 atom stereocenters. The third-order valence-corrected chi connectivity index (χ3v) is 6.01. The van der Waals surface area contributed by atoms with Gasteiger partial charge in [-0.2, -0.15) is 0 Å². The molecule has 2 rings (SSSR count). The number of esters is 1. The number of aromatic nitrogens is 1. The van der Waals surface area contributed by atoms with Crippen LogP contribution in [0.2, 0.25) is 0 Å².